The number of carbonyl (C=O) groups is 1. The highest BCUT2D eigenvalue weighted by molar-refractivity contribution is 5.96. The number of aromatic nitrogens is 1. The number of benzene rings is 2. The molecule has 3 rings (SSSR count). The predicted octanol–water partition coefficient (Wildman–Crippen LogP) is 3.94. The molecule has 0 spiro atoms. The van der Waals surface area contributed by atoms with Crippen LogP contribution in [0, 0.1) is 6.92 Å². The van der Waals surface area contributed by atoms with Gasteiger partial charge < -0.3 is 20.1 Å². The molecule has 28 heavy (non-hydrogen) atoms. The Morgan fingerprint density at radius 3 is 2.61 bits per heavy atom. The van der Waals surface area contributed by atoms with Crippen molar-refractivity contribution in [2.24, 2.45) is 0 Å². The van der Waals surface area contributed by atoms with Crippen LogP contribution in [0.3, 0.4) is 0 Å². The van der Waals surface area contributed by atoms with E-state index >= 15 is 0 Å². The quantitative estimate of drug-likeness (QED) is 0.702. The van der Waals surface area contributed by atoms with E-state index in [-0.39, 0.29) is 11.7 Å². The topological polar surface area (TPSA) is 74.7 Å². The van der Waals surface area contributed by atoms with Gasteiger partial charge in [-0.3, -0.25) is 4.79 Å². The van der Waals surface area contributed by atoms with Gasteiger partial charge in [-0.25, -0.2) is 4.98 Å². The number of phenolic OH excluding ortho intramolecular Hbond substituents is 1. The zero-order valence-electron chi connectivity index (χ0n) is 16.8. The third-order valence-electron chi connectivity index (χ3n) is 4.51. The minimum absolute atomic E-state index is 0.169. The van der Waals surface area contributed by atoms with Crippen molar-refractivity contribution < 1.29 is 14.6 Å². The molecule has 0 saturated heterocycles. The zero-order valence-corrected chi connectivity index (χ0v) is 16.8. The lowest BCUT2D eigenvalue weighted by Gasteiger charge is -2.15. The van der Waals surface area contributed by atoms with Gasteiger partial charge in [-0.1, -0.05) is 0 Å². The average Bonchev–Trinajstić information content (AvgIpc) is 2.62. The molecule has 0 unspecified atom stereocenters. The van der Waals surface area contributed by atoms with Gasteiger partial charge in [0.1, 0.15) is 11.5 Å². The number of ether oxygens (including phenoxy) is 1. The molecular weight excluding hydrogens is 354 g/mol. The molecule has 0 bridgehead atoms. The Kier molecular flexibility index (Phi) is 5.51. The number of rotatable bonds is 5. The van der Waals surface area contributed by atoms with Crippen LogP contribution in [0.5, 0.6) is 11.5 Å². The van der Waals surface area contributed by atoms with E-state index in [9.17, 15) is 9.90 Å². The lowest BCUT2D eigenvalue weighted by Crippen LogP contribution is -2.10. The molecule has 1 heterocycles. The van der Waals surface area contributed by atoms with Gasteiger partial charge in [0.25, 0.3) is 0 Å². The highest BCUT2D eigenvalue weighted by Gasteiger charge is 2.13. The molecule has 2 N–H and O–H groups in total. The first-order valence-corrected chi connectivity index (χ1v) is 9.02. The van der Waals surface area contributed by atoms with Crippen molar-refractivity contribution in [2.45, 2.75) is 20.4 Å². The highest BCUT2D eigenvalue weighted by Crippen LogP contribution is 2.34. The second kappa shape index (κ2) is 7.86. The number of amides is 1. The van der Waals surface area contributed by atoms with Crippen molar-refractivity contribution in [1.82, 2.24) is 9.88 Å². The summed E-state index contributed by atoms with van der Waals surface area (Å²) in [5, 5.41) is 13.9. The maximum absolute atomic E-state index is 11.5. The van der Waals surface area contributed by atoms with Crippen LogP contribution in [0.1, 0.15) is 18.1 Å². The van der Waals surface area contributed by atoms with Crippen molar-refractivity contribution in [2.75, 3.05) is 26.5 Å². The van der Waals surface area contributed by atoms with Crippen LogP contribution in [0.15, 0.2) is 36.4 Å². The first-order valence-electron chi connectivity index (χ1n) is 9.02. The number of methoxy groups -OCH3 is 1. The summed E-state index contributed by atoms with van der Waals surface area (Å²) in [6.07, 6.45) is 0. The Bertz CT molecular complexity index is 1040. The predicted molar refractivity (Wildman–Crippen MR) is 112 cm³/mol. The Hall–Kier alpha value is -3.12. The van der Waals surface area contributed by atoms with E-state index in [1.165, 1.54) is 6.92 Å². The summed E-state index contributed by atoms with van der Waals surface area (Å²) in [5.41, 5.74) is 4.98. The standard InChI is InChI=1S/C22H25N3O3/c1-13-8-18(15-6-7-21(27)16(9-15)12-25(3)4)24-19-11-20(23-14(2)26)22(28-5)10-17(13)19/h6-11,27H,12H2,1-5H3,(H,23,26). The van der Waals surface area contributed by atoms with Crippen LogP contribution in [0.2, 0.25) is 0 Å². The number of nitrogens with zero attached hydrogens (tertiary/aromatic N) is 2. The smallest absolute Gasteiger partial charge is 0.221 e. The summed E-state index contributed by atoms with van der Waals surface area (Å²) in [6, 6.07) is 11.3. The second-order valence-corrected chi connectivity index (χ2v) is 7.16. The largest absolute Gasteiger partial charge is 0.508 e. The molecule has 0 aliphatic carbocycles. The van der Waals surface area contributed by atoms with Crippen LogP contribution >= 0.6 is 0 Å². The molecule has 3 aromatic rings. The van der Waals surface area contributed by atoms with Gasteiger partial charge in [0.05, 0.1) is 24.0 Å². The fourth-order valence-electron chi connectivity index (χ4n) is 3.24. The molecule has 0 aliphatic heterocycles. The summed E-state index contributed by atoms with van der Waals surface area (Å²) < 4.78 is 5.42. The third-order valence-corrected chi connectivity index (χ3v) is 4.51. The molecule has 146 valence electrons. The monoisotopic (exact) mass is 379 g/mol. The fourth-order valence-corrected chi connectivity index (χ4v) is 3.24. The minimum atomic E-state index is -0.169. The number of nitrogens with one attached hydrogen (secondary N) is 1. The van der Waals surface area contributed by atoms with Gasteiger partial charge in [-0.2, -0.15) is 0 Å². The third kappa shape index (κ3) is 4.07. The van der Waals surface area contributed by atoms with Crippen molar-refractivity contribution in [3.8, 4) is 22.8 Å². The van der Waals surface area contributed by atoms with E-state index in [4.69, 9.17) is 9.72 Å². The molecule has 0 radical (unpaired) electrons. The van der Waals surface area contributed by atoms with Crippen molar-refractivity contribution in [1.29, 1.82) is 0 Å². The lowest BCUT2D eigenvalue weighted by atomic mass is 10.0. The number of aryl methyl sites for hydroxylation is 1. The lowest BCUT2D eigenvalue weighted by molar-refractivity contribution is -0.114. The summed E-state index contributed by atoms with van der Waals surface area (Å²) in [7, 11) is 5.50. The van der Waals surface area contributed by atoms with Gasteiger partial charge in [0.2, 0.25) is 5.91 Å². The first kappa shape index (κ1) is 19.6. The summed E-state index contributed by atoms with van der Waals surface area (Å²) in [5.74, 6) is 0.697. The van der Waals surface area contributed by atoms with Crippen LogP contribution in [0.25, 0.3) is 22.2 Å². The molecule has 6 nitrogen and oxygen atoms in total. The molecule has 2 aromatic carbocycles. The van der Waals surface area contributed by atoms with E-state index in [0.717, 1.165) is 33.3 Å². The zero-order chi connectivity index (χ0) is 20.4. The van der Waals surface area contributed by atoms with Crippen LogP contribution in [0.4, 0.5) is 5.69 Å². The van der Waals surface area contributed by atoms with E-state index in [1.807, 2.05) is 56.3 Å². The second-order valence-electron chi connectivity index (χ2n) is 7.16. The van der Waals surface area contributed by atoms with E-state index in [2.05, 4.69) is 5.32 Å². The van der Waals surface area contributed by atoms with E-state index < -0.39 is 0 Å². The number of fused-ring (bicyclic) bond motifs is 1. The Morgan fingerprint density at radius 1 is 1.21 bits per heavy atom. The minimum Gasteiger partial charge on any atom is -0.508 e. The Labute approximate surface area is 164 Å². The number of hydrogen-bond donors (Lipinski definition) is 2. The van der Waals surface area contributed by atoms with E-state index in [0.29, 0.717) is 18.0 Å². The van der Waals surface area contributed by atoms with Crippen LogP contribution in [-0.2, 0) is 11.3 Å². The maximum atomic E-state index is 11.5. The Morgan fingerprint density at radius 2 is 1.96 bits per heavy atom. The number of carbonyl (C=O) groups excluding carboxylic acids is 1. The average molecular weight is 379 g/mol. The SMILES string of the molecule is COc1cc2c(C)cc(-c3ccc(O)c(CN(C)C)c3)nc2cc1NC(C)=O. The molecule has 0 atom stereocenters. The van der Waals surface area contributed by atoms with Gasteiger partial charge in [0, 0.05) is 30.0 Å². The molecular formula is C22H25N3O3. The van der Waals surface area contributed by atoms with Gasteiger partial charge in [-0.05, 0) is 63.0 Å². The number of phenols is 1. The van der Waals surface area contributed by atoms with Crippen LogP contribution < -0.4 is 10.1 Å². The van der Waals surface area contributed by atoms with Crippen molar-refractivity contribution >= 4 is 22.5 Å². The molecule has 0 aliphatic rings. The normalized spacial score (nSPS) is 11.1. The highest BCUT2D eigenvalue weighted by atomic mass is 16.5. The van der Waals surface area contributed by atoms with Crippen LogP contribution in [-0.4, -0.2) is 42.1 Å². The summed E-state index contributed by atoms with van der Waals surface area (Å²) in [4.78, 5) is 18.3. The number of aromatic hydroxyl groups is 1. The molecule has 6 heteroatoms. The molecule has 0 fully saturated rings. The molecule has 1 amide bonds. The van der Waals surface area contributed by atoms with Gasteiger partial charge in [0.15, 0.2) is 0 Å². The van der Waals surface area contributed by atoms with E-state index in [1.54, 1.807) is 13.2 Å². The number of anilines is 1. The van der Waals surface area contributed by atoms with Crippen molar-refractivity contribution in [3.63, 3.8) is 0 Å². The first-order chi connectivity index (χ1) is 13.3. The molecule has 1 aromatic heterocycles. The summed E-state index contributed by atoms with van der Waals surface area (Å²) in [6.45, 7) is 4.11. The number of hydrogen-bond acceptors (Lipinski definition) is 5. The number of pyridine rings is 1. The maximum Gasteiger partial charge on any atom is 0.221 e. The van der Waals surface area contributed by atoms with Gasteiger partial charge in [-0.15, -0.1) is 0 Å². The van der Waals surface area contributed by atoms with Crippen molar-refractivity contribution in [3.05, 3.63) is 47.5 Å². The fraction of sp³-hybridized carbons (Fsp3) is 0.273. The molecule has 0 saturated carbocycles. The van der Waals surface area contributed by atoms with Gasteiger partial charge >= 0.3 is 0 Å². The summed E-state index contributed by atoms with van der Waals surface area (Å²) >= 11 is 0. The Balaban J connectivity index is 2.14.